The summed E-state index contributed by atoms with van der Waals surface area (Å²) in [5.41, 5.74) is 0.943. The summed E-state index contributed by atoms with van der Waals surface area (Å²) >= 11 is 0. The van der Waals surface area contributed by atoms with Gasteiger partial charge in [-0.2, -0.15) is 0 Å². The second kappa shape index (κ2) is 10.6. The Kier molecular flexibility index (Phi) is 10.2. The third-order valence-corrected chi connectivity index (χ3v) is 2.62. The van der Waals surface area contributed by atoms with Gasteiger partial charge in [-0.3, -0.25) is 0 Å². The molecule has 2 nitrogen and oxygen atoms in total. The fraction of sp³-hybridized carbons (Fsp3) is 0.917. The maximum atomic E-state index is 8.59. The van der Waals surface area contributed by atoms with Crippen LogP contribution in [-0.4, -0.2) is 10.9 Å². The van der Waals surface area contributed by atoms with E-state index in [2.05, 4.69) is 12.1 Å². The van der Waals surface area contributed by atoms with Gasteiger partial charge in [-0.15, -0.1) is 0 Å². The number of oxime groups is 1. The SMILES string of the molecule is CCCCCCCCCC(CC)=NO. The highest BCUT2D eigenvalue weighted by atomic mass is 16.4. The molecule has 0 amide bonds. The molecule has 84 valence electrons. The Labute approximate surface area is 88.4 Å². The monoisotopic (exact) mass is 199 g/mol. The molecular formula is C12H25NO. The van der Waals surface area contributed by atoms with Crippen LogP contribution < -0.4 is 0 Å². The van der Waals surface area contributed by atoms with Gasteiger partial charge < -0.3 is 5.21 Å². The molecule has 0 spiro atoms. The molecule has 14 heavy (non-hydrogen) atoms. The lowest BCUT2D eigenvalue weighted by atomic mass is 10.1. The van der Waals surface area contributed by atoms with E-state index in [4.69, 9.17) is 5.21 Å². The Morgan fingerprint density at radius 2 is 1.50 bits per heavy atom. The summed E-state index contributed by atoms with van der Waals surface area (Å²) in [5.74, 6) is 0. The highest BCUT2D eigenvalue weighted by molar-refractivity contribution is 5.83. The first-order valence-electron chi connectivity index (χ1n) is 6.04. The van der Waals surface area contributed by atoms with Crippen LogP contribution in [0.3, 0.4) is 0 Å². The van der Waals surface area contributed by atoms with Crippen molar-refractivity contribution < 1.29 is 5.21 Å². The molecule has 0 aliphatic rings. The Hall–Kier alpha value is -0.530. The molecule has 0 radical (unpaired) electrons. The van der Waals surface area contributed by atoms with Crippen LogP contribution in [0.5, 0.6) is 0 Å². The third-order valence-electron chi connectivity index (χ3n) is 2.62. The molecule has 0 aromatic carbocycles. The predicted molar refractivity (Wildman–Crippen MR) is 62.1 cm³/mol. The van der Waals surface area contributed by atoms with E-state index in [0.29, 0.717) is 0 Å². The van der Waals surface area contributed by atoms with E-state index in [1.165, 1.54) is 44.9 Å². The molecule has 0 saturated carbocycles. The topological polar surface area (TPSA) is 32.6 Å². The smallest absolute Gasteiger partial charge is 0.0568 e. The van der Waals surface area contributed by atoms with Gasteiger partial charge in [-0.05, 0) is 19.3 Å². The zero-order valence-electron chi connectivity index (χ0n) is 9.76. The summed E-state index contributed by atoms with van der Waals surface area (Å²) in [6.07, 6.45) is 11.1. The van der Waals surface area contributed by atoms with Gasteiger partial charge >= 0.3 is 0 Å². The molecular weight excluding hydrogens is 174 g/mol. The molecule has 2 heteroatoms. The number of unbranched alkanes of at least 4 members (excludes halogenated alkanes) is 6. The summed E-state index contributed by atoms with van der Waals surface area (Å²) < 4.78 is 0. The van der Waals surface area contributed by atoms with Gasteiger partial charge in [0, 0.05) is 0 Å². The van der Waals surface area contributed by atoms with Gasteiger partial charge in [-0.25, -0.2) is 0 Å². The minimum Gasteiger partial charge on any atom is -0.411 e. The summed E-state index contributed by atoms with van der Waals surface area (Å²) in [7, 11) is 0. The largest absolute Gasteiger partial charge is 0.411 e. The fourth-order valence-corrected chi connectivity index (χ4v) is 1.58. The van der Waals surface area contributed by atoms with Crippen LogP contribution in [0.15, 0.2) is 5.16 Å². The van der Waals surface area contributed by atoms with E-state index in [1.54, 1.807) is 0 Å². The van der Waals surface area contributed by atoms with Crippen molar-refractivity contribution in [3.8, 4) is 0 Å². The first-order valence-corrected chi connectivity index (χ1v) is 6.04. The summed E-state index contributed by atoms with van der Waals surface area (Å²) in [4.78, 5) is 0. The van der Waals surface area contributed by atoms with Gasteiger partial charge in [0.05, 0.1) is 5.71 Å². The quantitative estimate of drug-likeness (QED) is 0.254. The highest BCUT2D eigenvalue weighted by Crippen LogP contribution is 2.09. The van der Waals surface area contributed by atoms with Gasteiger partial charge in [0.1, 0.15) is 0 Å². The van der Waals surface area contributed by atoms with Crippen LogP contribution in [0.4, 0.5) is 0 Å². The minimum atomic E-state index is 0.881. The van der Waals surface area contributed by atoms with E-state index in [-0.39, 0.29) is 0 Å². The van der Waals surface area contributed by atoms with E-state index in [0.717, 1.165) is 18.6 Å². The lowest BCUT2D eigenvalue weighted by Crippen LogP contribution is -1.95. The van der Waals surface area contributed by atoms with Crippen LogP contribution in [0, 0.1) is 0 Å². The third kappa shape index (κ3) is 8.09. The Morgan fingerprint density at radius 3 is 2.00 bits per heavy atom. The maximum absolute atomic E-state index is 8.59. The van der Waals surface area contributed by atoms with Crippen LogP contribution >= 0.6 is 0 Å². The van der Waals surface area contributed by atoms with Crippen molar-refractivity contribution in [2.24, 2.45) is 5.16 Å². The Balaban J connectivity index is 3.13. The van der Waals surface area contributed by atoms with Gasteiger partial charge in [0.15, 0.2) is 0 Å². The van der Waals surface area contributed by atoms with Crippen LogP contribution in [0.2, 0.25) is 0 Å². The van der Waals surface area contributed by atoms with Gasteiger partial charge in [0.2, 0.25) is 0 Å². The summed E-state index contributed by atoms with van der Waals surface area (Å²) in [5, 5.41) is 11.9. The lowest BCUT2D eigenvalue weighted by molar-refractivity contribution is 0.316. The molecule has 0 aliphatic heterocycles. The average molecular weight is 199 g/mol. The standard InChI is InChI=1S/C12H25NO/c1-3-5-6-7-8-9-10-11-12(4-2)13-14/h14H,3-11H2,1-2H3. The number of rotatable bonds is 9. The second-order valence-electron chi connectivity index (χ2n) is 3.89. The Morgan fingerprint density at radius 1 is 0.929 bits per heavy atom. The second-order valence-corrected chi connectivity index (χ2v) is 3.89. The summed E-state index contributed by atoms with van der Waals surface area (Å²) in [6, 6.07) is 0. The Bertz CT molecular complexity index is 143. The van der Waals surface area contributed by atoms with Crippen molar-refractivity contribution >= 4 is 5.71 Å². The van der Waals surface area contributed by atoms with Crippen molar-refractivity contribution in [1.29, 1.82) is 0 Å². The lowest BCUT2D eigenvalue weighted by Gasteiger charge is -2.01. The van der Waals surface area contributed by atoms with E-state index in [1.807, 2.05) is 6.92 Å². The normalized spacial score (nSPS) is 12.0. The van der Waals surface area contributed by atoms with E-state index in [9.17, 15) is 0 Å². The fourth-order valence-electron chi connectivity index (χ4n) is 1.58. The molecule has 0 aromatic rings. The molecule has 0 aliphatic carbocycles. The zero-order chi connectivity index (χ0) is 10.6. The van der Waals surface area contributed by atoms with Crippen molar-refractivity contribution in [3.05, 3.63) is 0 Å². The van der Waals surface area contributed by atoms with Crippen LogP contribution in [0.1, 0.15) is 71.6 Å². The molecule has 0 fully saturated rings. The molecule has 0 rings (SSSR count). The molecule has 0 heterocycles. The van der Waals surface area contributed by atoms with Crippen molar-refractivity contribution in [2.75, 3.05) is 0 Å². The van der Waals surface area contributed by atoms with Crippen molar-refractivity contribution in [1.82, 2.24) is 0 Å². The molecule has 1 N–H and O–H groups in total. The van der Waals surface area contributed by atoms with E-state index < -0.39 is 0 Å². The van der Waals surface area contributed by atoms with Crippen LogP contribution in [0.25, 0.3) is 0 Å². The zero-order valence-corrected chi connectivity index (χ0v) is 9.76. The predicted octanol–water partition coefficient (Wildman–Crippen LogP) is 4.37. The van der Waals surface area contributed by atoms with Gasteiger partial charge in [0.25, 0.3) is 0 Å². The number of nitrogens with zero attached hydrogens (tertiary/aromatic N) is 1. The maximum Gasteiger partial charge on any atom is 0.0568 e. The molecule has 0 unspecified atom stereocenters. The van der Waals surface area contributed by atoms with Crippen LogP contribution in [-0.2, 0) is 0 Å². The molecule has 0 atom stereocenters. The first kappa shape index (κ1) is 13.5. The van der Waals surface area contributed by atoms with Crippen molar-refractivity contribution in [2.45, 2.75) is 71.6 Å². The first-order chi connectivity index (χ1) is 6.85. The molecule has 0 aromatic heterocycles. The van der Waals surface area contributed by atoms with Gasteiger partial charge in [-0.1, -0.05) is 57.5 Å². The van der Waals surface area contributed by atoms with E-state index >= 15 is 0 Å². The number of hydrogen-bond donors (Lipinski definition) is 1. The molecule has 0 bridgehead atoms. The summed E-state index contributed by atoms with van der Waals surface area (Å²) in [6.45, 7) is 4.28. The van der Waals surface area contributed by atoms with Crippen molar-refractivity contribution in [3.63, 3.8) is 0 Å². The average Bonchev–Trinajstić information content (AvgIpc) is 2.22. The minimum absolute atomic E-state index is 0.881. The molecule has 0 saturated heterocycles. The highest BCUT2D eigenvalue weighted by Gasteiger charge is 1.96. The number of hydrogen-bond acceptors (Lipinski definition) is 2.